The summed E-state index contributed by atoms with van der Waals surface area (Å²) in [4.78, 5) is 13.9. The first-order chi connectivity index (χ1) is 8.09. The van der Waals surface area contributed by atoms with Crippen LogP contribution in [-0.2, 0) is 0 Å². The second kappa shape index (κ2) is 7.45. The van der Waals surface area contributed by atoms with Crippen LogP contribution in [0.15, 0.2) is 28.7 Å². The lowest BCUT2D eigenvalue weighted by Crippen LogP contribution is -2.25. The molecule has 0 saturated heterocycles. The highest BCUT2D eigenvalue weighted by molar-refractivity contribution is 9.10. The number of unbranched alkanes of at least 4 members (excludes halogenated alkanes) is 1. The number of amides is 1. The molecule has 1 N–H and O–H groups in total. The maximum atomic E-state index is 11.7. The van der Waals surface area contributed by atoms with Crippen molar-refractivity contribution in [2.75, 3.05) is 27.2 Å². The molecule has 0 atom stereocenters. The number of hydrogen-bond donors (Lipinski definition) is 1. The second-order valence-corrected chi connectivity index (χ2v) is 5.19. The largest absolute Gasteiger partial charge is 0.352 e. The van der Waals surface area contributed by atoms with Gasteiger partial charge in [0.2, 0.25) is 0 Å². The Morgan fingerprint density at radius 1 is 1.24 bits per heavy atom. The third-order valence-electron chi connectivity index (χ3n) is 2.42. The number of halogens is 1. The highest BCUT2D eigenvalue weighted by atomic mass is 75.9. The van der Waals surface area contributed by atoms with Crippen molar-refractivity contribution in [2.24, 2.45) is 0 Å². The summed E-state index contributed by atoms with van der Waals surface area (Å²) in [6.07, 6.45) is 2.12. The normalized spacial score (nSPS) is 10.6. The molecule has 0 heterocycles. The van der Waals surface area contributed by atoms with E-state index in [-0.39, 0.29) is 5.91 Å². The molecule has 0 fully saturated rings. The number of nitrogens with one attached hydrogen (secondary N) is 1. The summed E-state index contributed by atoms with van der Waals surface area (Å²) in [6, 6.07) is 7.39. The van der Waals surface area contributed by atoms with Crippen molar-refractivity contribution in [2.45, 2.75) is 12.8 Å². The summed E-state index contributed by atoms with van der Waals surface area (Å²) in [7, 11) is 4.11. The maximum Gasteiger partial charge on any atom is 0.251 e. The standard InChI is InChI=1S/C13H19BrN2O/c1-16(2)10-4-3-9-15-13(17)11-5-7-12(14)8-6-11/h5-8H,3-4,9-10H2,1-2H3,(H,15,17)/i14-4. The molecule has 0 aliphatic rings. The van der Waals surface area contributed by atoms with E-state index in [0.717, 1.165) is 30.4 Å². The third kappa shape index (κ3) is 5.84. The maximum absolute atomic E-state index is 11.7. The van der Waals surface area contributed by atoms with E-state index in [1.807, 2.05) is 24.3 Å². The van der Waals surface area contributed by atoms with E-state index in [1.165, 1.54) is 0 Å². The highest BCUT2D eigenvalue weighted by Crippen LogP contribution is 2.10. The SMILES string of the molecule is CN(C)CCCCNC(=O)c1ccc([76Br])cc1. The molecule has 4 heteroatoms. The Morgan fingerprint density at radius 3 is 2.47 bits per heavy atom. The molecule has 0 aliphatic heterocycles. The minimum atomic E-state index is 0.00218. The van der Waals surface area contributed by atoms with Gasteiger partial charge in [-0.1, -0.05) is 15.9 Å². The molecule has 1 amide bonds. The molecular weight excluding hydrogens is 276 g/mol. The molecule has 1 rings (SSSR count). The fourth-order valence-corrected chi connectivity index (χ4v) is 1.72. The van der Waals surface area contributed by atoms with Gasteiger partial charge in [0, 0.05) is 16.6 Å². The summed E-state index contributed by atoms with van der Waals surface area (Å²) in [5.41, 5.74) is 0.709. The van der Waals surface area contributed by atoms with Gasteiger partial charge in [-0.05, 0) is 57.7 Å². The smallest absolute Gasteiger partial charge is 0.251 e. The first-order valence-electron chi connectivity index (χ1n) is 5.78. The zero-order chi connectivity index (χ0) is 12.7. The van der Waals surface area contributed by atoms with E-state index in [4.69, 9.17) is 0 Å². The Hall–Kier alpha value is -0.870. The highest BCUT2D eigenvalue weighted by Gasteiger charge is 2.03. The van der Waals surface area contributed by atoms with Crippen LogP contribution in [0.5, 0.6) is 0 Å². The molecule has 0 saturated carbocycles. The molecule has 0 aromatic heterocycles. The lowest BCUT2D eigenvalue weighted by Gasteiger charge is -2.09. The van der Waals surface area contributed by atoms with Crippen molar-refractivity contribution in [3.05, 3.63) is 34.3 Å². The van der Waals surface area contributed by atoms with E-state index >= 15 is 0 Å². The van der Waals surface area contributed by atoms with Gasteiger partial charge >= 0.3 is 0 Å². The molecule has 3 nitrogen and oxygen atoms in total. The topological polar surface area (TPSA) is 32.3 Å². The molecule has 0 radical (unpaired) electrons. The molecule has 0 aliphatic carbocycles. The molecule has 0 bridgehead atoms. The van der Waals surface area contributed by atoms with E-state index in [1.54, 1.807) is 0 Å². The van der Waals surface area contributed by atoms with Gasteiger partial charge in [0.15, 0.2) is 0 Å². The van der Waals surface area contributed by atoms with E-state index in [2.05, 4.69) is 40.2 Å². The Morgan fingerprint density at radius 2 is 1.88 bits per heavy atom. The predicted molar refractivity (Wildman–Crippen MR) is 74.3 cm³/mol. The number of hydrogen-bond acceptors (Lipinski definition) is 2. The van der Waals surface area contributed by atoms with Crippen molar-refractivity contribution >= 4 is 21.8 Å². The van der Waals surface area contributed by atoms with Crippen LogP contribution in [-0.4, -0.2) is 38.0 Å². The Balaban J connectivity index is 2.23. The average molecular weight is 295 g/mol. The van der Waals surface area contributed by atoms with E-state index < -0.39 is 0 Å². The van der Waals surface area contributed by atoms with Crippen molar-refractivity contribution in [1.82, 2.24) is 10.2 Å². The van der Waals surface area contributed by atoms with Crippen LogP contribution < -0.4 is 5.32 Å². The molecule has 17 heavy (non-hydrogen) atoms. The Kier molecular flexibility index (Phi) is 6.22. The van der Waals surface area contributed by atoms with Crippen LogP contribution in [0.3, 0.4) is 0 Å². The lowest BCUT2D eigenvalue weighted by molar-refractivity contribution is 0.0953. The summed E-state index contributed by atoms with van der Waals surface area (Å²) in [5.74, 6) is 0.00218. The quantitative estimate of drug-likeness (QED) is 0.818. The van der Waals surface area contributed by atoms with Crippen molar-refractivity contribution in [3.8, 4) is 0 Å². The number of carbonyl (C=O) groups is 1. The van der Waals surface area contributed by atoms with Gasteiger partial charge in [-0.25, -0.2) is 0 Å². The predicted octanol–water partition coefficient (Wildman–Crippen LogP) is 2.52. The first kappa shape index (κ1) is 14.2. The number of rotatable bonds is 6. The van der Waals surface area contributed by atoms with Gasteiger partial charge in [-0.3, -0.25) is 4.79 Å². The number of benzene rings is 1. The van der Waals surface area contributed by atoms with Gasteiger partial charge in [0.25, 0.3) is 5.91 Å². The number of carbonyl (C=O) groups excluding carboxylic acids is 1. The van der Waals surface area contributed by atoms with Crippen LogP contribution in [0.4, 0.5) is 0 Å². The fourth-order valence-electron chi connectivity index (χ4n) is 1.46. The van der Waals surface area contributed by atoms with Crippen LogP contribution in [0.25, 0.3) is 0 Å². The summed E-state index contributed by atoms with van der Waals surface area (Å²) < 4.78 is 0.986. The monoisotopic (exact) mass is 295 g/mol. The first-order valence-corrected chi connectivity index (χ1v) is 6.57. The van der Waals surface area contributed by atoms with Crippen molar-refractivity contribution in [3.63, 3.8) is 0 Å². The minimum Gasteiger partial charge on any atom is -0.352 e. The molecule has 0 spiro atoms. The Bertz CT molecular complexity index is 349. The van der Waals surface area contributed by atoms with Crippen LogP contribution in [0.2, 0.25) is 0 Å². The van der Waals surface area contributed by atoms with Crippen LogP contribution in [0, 0.1) is 0 Å². The minimum absolute atomic E-state index is 0.00218. The summed E-state index contributed by atoms with van der Waals surface area (Å²) in [5, 5.41) is 2.92. The van der Waals surface area contributed by atoms with Gasteiger partial charge in [0.1, 0.15) is 0 Å². The molecular formula is C13H19BrN2O. The summed E-state index contributed by atoms with van der Waals surface area (Å²) >= 11 is 3.34. The lowest BCUT2D eigenvalue weighted by atomic mass is 10.2. The average Bonchev–Trinajstić information content (AvgIpc) is 2.29. The van der Waals surface area contributed by atoms with E-state index in [9.17, 15) is 4.79 Å². The fraction of sp³-hybridized carbons (Fsp3) is 0.462. The van der Waals surface area contributed by atoms with Crippen LogP contribution in [0.1, 0.15) is 23.2 Å². The van der Waals surface area contributed by atoms with Gasteiger partial charge < -0.3 is 10.2 Å². The Labute approximate surface area is 111 Å². The zero-order valence-corrected chi connectivity index (χ0v) is 12.0. The third-order valence-corrected chi connectivity index (χ3v) is 2.95. The molecule has 94 valence electrons. The van der Waals surface area contributed by atoms with Gasteiger partial charge in [-0.15, -0.1) is 0 Å². The second-order valence-electron chi connectivity index (χ2n) is 4.27. The molecule has 1 aromatic carbocycles. The van der Waals surface area contributed by atoms with Crippen molar-refractivity contribution < 1.29 is 4.79 Å². The van der Waals surface area contributed by atoms with E-state index in [0.29, 0.717) is 5.56 Å². The van der Waals surface area contributed by atoms with Gasteiger partial charge in [0.05, 0.1) is 0 Å². The zero-order valence-electron chi connectivity index (χ0n) is 10.4. The van der Waals surface area contributed by atoms with Crippen molar-refractivity contribution in [1.29, 1.82) is 0 Å². The molecule has 1 aromatic rings. The molecule has 0 unspecified atom stereocenters. The number of nitrogens with zero attached hydrogens (tertiary/aromatic N) is 1. The van der Waals surface area contributed by atoms with Gasteiger partial charge in [-0.2, -0.15) is 0 Å². The summed E-state index contributed by atoms with van der Waals surface area (Å²) in [6.45, 7) is 1.80. The van der Waals surface area contributed by atoms with Crippen LogP contribution >= 0.6 is 15.9 Å².